The second-order valence-electron chi connectivity index (χ2n) is 2.27. The summed E-state index contributed by atoms with van der Waals surface area (Å²) >= 11 is 3.99. The van der Waals surface area contributed by atoms with Crippen LogP contribution < -0.4 is 0 Å². The first-order valence-corrected chi connectivity index (χ1v) is 3.55. The first-order chi connectivity index (χ1) is 6.37. The van der Waals surface area contributed by atoms with E-state index in [4.69, 9.17) is 5.11 Å². The Morgan fingerprint density at radius 3 is 1.64 bits per heavy atom. The standard InChI is InChI=1S/C7H2F4O2S/c8-2-1(7(12)13)3(9)5(11)6(14)4(2)10/h14H,(H,12,13)/p-1. The van der Waals surface area contributed by atoms with Gasteiger partial charge in [0.05, 0.1) is 0 Å². The van der Waals surface area contributed by atoms with Crippen molar-refractivity contribution in [1.29, 1.82) is 0 Å². The maximum absolute atomic E-state index is 12.7. The Bertz CT molecular complexity index is 390. The number of benzene rings is 1. The molecule has 0 saturated carbocycles. The minimum absolute atomic E-state index is 1.30. The van der Waals surface area contributed by atoms with Gasteiger partial charge in [0.1, 0.15) is 17.2 Å². The monoisotopic (exact) mass is 225 g/mol. The fraction of sp³-hybridized carbons (Fsp3) is 0. The maximum atomic E-state index is 12.7. The van der Waals surface area contributed by atoms with Gasteiger partial charge in [-0.05, 0) is 0 Å². The number of hydrogen-bond acceptors (Lipinski definition) is 2. The van der Waals surface area contributed by atoms with Crippen LogP contribution in [0.25, 0.3) is 0 Å². The van der Waals surface area contributed by atoms with E-state index in [2.05, 4.69) is 12.6 Å². The highest BCUT2D eigenvalue weighted by Gasteiger charge is 2.24. The number of aromatic carboxylic acids is 1. The van der Waals surface area contributed by atoms with Crippen molar-refractivity contribution in [1.82, 2.24) is 0 Å². The van der Waals surface area contributed by atoms with Gasteiger partial charge in [0.2, 0.25) is 0 Å². The molecule has 0 aromatic heterocycles. The van der Waals surface area contributed by atoms with Crippen molar-refractivity contribution in [2.75, 3.05) is 0 Å². The van der Waals surface area contributed by atoms with Gasteiger partial charge in [-0.25, -0.2) is 22.4 Å². The second kappa shape index (κ2) is 3.41. The highest BCUT2D eigenvalue weighted by Crippen LogP contribution is 2.23. The molecule has 0 bridgehead atoms. The summed E-state index contributed by atoms with van der Waals surface area (Å²) < 4.78 is 50.7. The number of hydrogen-bond donors (Lipinski definition) is 1. The minimum Gasteiger partial charge on any atom is -0.774 e. The fourth-order valence-electron chi connectivity index (χ4n) is 0.799. The van der Waals surface area contributed by atoms with Crippen LogP contribution in [0.15, 0.2) is 4.90 Å². The fourth-order valence-corrected chi connectivity index (χ4v) is 0.979. The largest absolute Gasteiger partial charge is 0.774 e. The van der Waals surface area contributed by atoms with Gasteiger partial charge in [-0.3, -0.25) is 0 Å². The average Bonchev–Trinajstić information content (AvgIpc) is 2.11. The Morgan fingerprint density at radius 2 is 1.36 bits per heavy atom. The predicted octanol–water partition coefficient (Wildman–Crippen LogP) is 1.85. The van der Waals surface area contributed by atoms with Crippen LogP contribution in [0.3, 0.4) is 0 Å². The Balaban J connectivity index is 3.68. The van der Waals surface area contributed by atoms with Crippen LogP contribution in [-0.2, 0) is 12.6 Å². The maximum Gasteiger partial charge on any atom is 0.341 e. The molecule has 0 atom stereocenters. The van der Waals surface area contributed by atoms with E-state index in [9.17, 15) is 22.4 Å². The third kappa shape index (κ3) is 1.39. The van der Waals surface area contributed by atoms with Crippen molar-refractivity contribution in [2.24, 2.45) is 0 Å². The van der Waals surface area contributed by atoms with Crippen molar-refractivity contribution in [3.63, 3.8) is 0 Å². The van der Waals surface area contributed by atoms with Crippen LogP contribution in [0.4, 0.5) is 17.6 Å². The van der Waals surface area contributed by atoms with Crippen LogP contribution >= 0.6 is 0 Å². The van der Waals surface area contributed by atoms with E-state index in [-0.39, 0.29) is 0 Å². The topological polar surface area (TPSA) is 37.3 Å². The molecule has 14 heavy (non-hydrogen) atoms. The number of carbonyl (C=O) groups is 1. The summed E-state index contributed by atoms with van der Waals surface area (Å²) in [7, 11) is 0. The van der Waals surface area contributed by atoms with Gasteiger partial charge in [-0.15, -0.1) is 0 Å². The molecule has 7 heteroatoms. The van der Waals surface area contributed by atoms with E-state index in [1.165, 1.54) is 0 Å². The molecule has 0 fully saturated rings. The third-order valence-electron chi connectivity index (χ3n) is 1.44. The van der Waals surface area contributed by atoms with Gasteiger partial charge in [-0.1, -0.05) is 4.90 Å². The summed E-state index contributed by atoms with van der Waals surface area (Å²) in [5, 5.41) is 8.24. The summed E-state index contributed by atoms with van der Waals surface area (Å²) in [5.41, 5.74) is -1.69. The number of carboxylic acids is 1. The van der Waals surface area contributed by atoms with Crippen LogP contribution in [-0.4, -0.2) is 11.1 Å². The molecule has 1 aromatic carbocycles. The van der Waals surface area contributed by atoms with E-state index in [0.717, 1.165) is 0 Å². The second-order valence-corrected chi connectivity index (χ2v) is 2.67. The lowest BCUT2D eigenvalue weighted by Crippen LogP contribution is -2.11. The van der Waals surface area contributed by atoms with Gasteiger partial charge in [0.25, 0.3) is 0 Å². The lowest BCUT2D eigenvalue weighted by atomic mass is 10.2. The van der Waals surface area contributed by atoms with Gasteiger partial charge in [-0.2, -0.15) is 0 Å². The van der Waals surface area contributed by atoms with Crippen molar-refractivity contribution >= 4 is 18.6 Å². The van der Waals surface area contributed by atoms with Gasteiger partial charge >= 0.3 is 5.97 Å². The van der Waals surface area contributed by atoms with E-state index in [0.29, 0.717) is 0 Å². The molecule has 1 N–H and O–H groups in total. The highest BCUT2D eigenvalue weighted by molar-refractivity contribution is 7.58. The summed E-state index contributed by atoms with van der Waals surface area (Å²) in [6, 6.07) is 0. The molecule has 0 aliphatic heterocycles. The van der Waals surface area contributed by atoms with Crippen LogP contribution in [0.1, 0.15) is 10.4 Å². The first kappa shape index (κ1) is 10.7. The Kier molecular flexibility index (Phi) is 2.61. The van der Waals surface area contributed by atoms with Crippen molar-refractivity contribution in [3.8, 4) is 0 Å². The summed E-state index contributed by atoms with van der Waals surface area (Å²) in [5.74, 6) is -9.86. The van der Waals surface area contributed by atoms with Gasteiger partial charge in [0.15, 0.2) is 11.6 Å². The van der Waals surface area contributed by atoms with Crippen molar-refractivity contribution in [3.05, 3.63) is 28.8 Å². The molecule has 0 spiro atoms. The molecule has 2 nitrogen and oxygen atoms in total. The molecule has 0 saturated heterocycles. The first-order valence-electron chi connectivity index (χ1n) is 3.14. The predicted molar refractivity (Wildman–Crippen MR) is 38.9 cm³/mol. The highest BCUT2D eigenvalue weighted by atomic mass is 32.1. The molecular weight excluding hydrogens is 224 g/mol. The Labute approximate surface area is 80.6 Å². The molecule has 0 amide bonds. The molecule has 1 rings (SSSR count). The molecule has 1 aromatic rings. The zero-order valence-corrected chi connectivity index (χ0v) is 7.09. The van der Waals surface area contributed by atoms with Crippen LogP contribution in [0.2, 0.25) is 0 Å². The number of carboxylic acid groups (broad SMARTS) is 1. The molecule has 0 heterocycles. The molecule has 0 unspecified atom stereocenters. The van der Waals surface area contributed by atoms with Gasteiger partial charge < -0.3 is 17.7 Å². The Morgan fingerprint density at radius 1 is 1.00 bits per heavy atom. The average molecular weight is 225 g/mol. The lowest BCUT2D eigenvalue weighted by molar-refractivity contribution is 0.0683. The molecule has 76 valence electrons. The SMILES string of the molecule is O=C(O)c1c(F)c(F)c([S-])c(F)c1F. The summed E-state index contributed by atoms with van der Waals surface area (Å²) in [4.78, 5) is 8.91. The van der Waals surface area contributed by atoms with E-state index in [1.807, 2.05) is 0 Å². The molecular formula is C7HF4O2S-. The lowest BCUT2D eigenvalue weighted by Gasteiger charge is -2.12. The van der Waals surface area contributed by atoms with Crippen molar-refractivity contribution < 1.29 is 27.5 Å². The van der Waals surface area contributed by atoms with Gasteiger partial charge in [0, 0.05) is 0 Å². The van der Waals surface area contributed by atoms with Crippen molar-refractivity contribution in [2.45, 2.75) is 4.90 Å². The molecule has 0 radical (unpaired) electrons. The van der Waals surface area contributed by atoms with E-state index < -0.39 is 39.7 Å². The normalized spacial score (nSPS) is 10.3. The molecule has 0 aliphatic rings. The van der Waals surface area contributed by atoms with E-state index >= 15 is 0 Å². The third-order valence-corrected chi connectivity index (χ3v) is 1.80. The van der Waals surface area contributed by atoms with Crippen LogP contribution in [0.5, 0.6) is 0 Å². The number of halogens is 4. The smallest absolute Gasteiger partial charge is 0.341 e. The summed E-state index contributed by atoms with van der Waals surface area (Å²) in [6.45, 7) is 0. The van der Waals surface area contributed by atoms with Crippen LogP contribution in [0, 0.1) is 23.3 Å². The quantitative estimate of drug-likeness (QED) is 0.450. The Hall–Kier alpha value is -1.37. The molecule has 0 aliphatic carbocycles. The zero-order valence-electron chi connectivity index (χ0n) is 6.28. The minimum atomic E-state index is -2.10. The zero-order chi connectivity index (χ0) is 11.0. The summed E-state index contributed by atoms with van der Waals surface area (Å²) in [6.07, 6.45) is 0. The van der Waals surface area contributed by atoms with E-state index in [1.54, 1.807) is 0 Å². The number of rotatable bonds is 1.